The van der Waals surface area contributed by atoms with Gasteiger partial charge in [0.05, 0.1) is 5.52 Å². The molecule has 1 unspecified atom stereocenters. The van der Waals surface area contributed by atoms with E-state index >= 15 is 0 Å². The van der Waals surface area contributed by atoms with Crippen molar-refractivity contribution in [3.8, 4) is 11.5 Å². The van der Waals surface area contributed by atoms with Crippen LogP contribution in [0.4, 0.5) is 13.2 Å². The van der Waals surface area contributed by atoms with Crippen molar-refractivity contribution >= 4 is 16.6 Å². The van der Waals surface area contributed by atoms with Gasteiger partial charge in [-0.15, -0.1) is 10.2 Å². The number of para-hydroxylation sites is 1. The van der Waals surface area contributed by atoms with E-state index < -0.39 is 17.8 Å². The maximum Gasteiger partial charge on any atom is 0.407 e. The van der Waals surface area contributed by atoms with Gasteiger partial charge in [-0.2, -0.15) is 13.2 Å². The van der Waals surface area contributed by atoms with Gasteiger partial charge in [-0.1, -0.05) is 51.1 Å². The van der Waals surface area contributed by atoms with Crippen LogP contribution in [-0.4, -0.2) is 43.9 Å². The largest absolute Gasteiger partial charge is 0.407 e. The molecule has 4 heterocycles. The highest BCUT2D eigenvalue weighted by Gasteiger charge is 2.51. The number of nitrogens with zero attached hydrogens (tertiary/aromatic N) is 4. The summed E-state index contributed by atoms with van der Waals surface area (Å²) in [4.78, 5) is 4.90. The molecule has 2 N–H and O–H groups in total. The second-order valence-electron chi connectivity index (χ2n) is 11.3. The lowest BCUT2D eigenvalue weighted by molar-refractivity contribution is -0.162. The van der Waals surface area contributed by atoms with Crippen molar-refractivity contribution in [2.24, 2.45) is 0 Å². The number of pyridine rings is 2. The maximum atomic E-state index is 14.3. The number of fused-ring (bicyclic) bond motifs is 4. The number of aromatic nitrogens is 4. The SMILES string of the molecule is CC(C)(C)c1cccc2ccc(-c3nnc4ccc([C@@H](NC56CC[C@H](C5)NC6)C(F)(F)F)cn34)nc12. The van der Waals surface area contributed by atoms with Crippen LogP contribution < -0.4 is 10.6 Å². The lowest BCUT2D eigenvalue weighted by Gasteiger charge is -2.34. The quantitative estimate of drug-likeness (QED) is 0.402. The fraction of sp³-hybridized carbons (Fsp3) is 0.444. The Bertz CT molecular complexity index is 1440. The molecule has 0 spiro atoms. The molecule has 9 heteroatoms. The summed E-state index contributed by atoms with van der Waals surface area (Å²) in [6.45, 7) is 6.95. The predicted molar refractivity (Wildman–Crippen MR) is 133 cm³/mol. The van der Waals surface area contributed by atoms with Gasteiger partial charge in [-0.3, -0.25) is 9.72 Å². The number of hydrogen-bond donors (Lipinski definition) is 2. The number of alkyl halides is 3. The number of hydrogen-bond acceptors (Lipinski definition) is 5. The summed E-state index contributed by atoms with van der Waals surface area (Å²) in [6, 6.07) is 11.5. The molecule has 3 aromatic heterocycles. The standard InChI is InChI=1S/C27H29F3N6/c1-25(2,3)19-6-4-5-16-7-9-20(32-22(16)19)24-35-34-21-10-8-17(14-36(21)24)23(27(28,29)30)33-26-12-11-18(13-26)31-15-26/h4-10,14,18,23,31,33H,11-13,15H2,1-3H3/t18-,23-,26?/m1/s1. The van der Waals surface area contributed by atoms with Crippen LogP contribution in [0.25, 0.3) is 28.1 Å². The zero-order chi connectivity index (χ0) is 25.3. The fourth-order valence-electron chi connectivity index (χ4n) is 5.77. The van der Waals surface area contributed by atoms with E-state index in [0.29, 0.717) is 29.8 Å². The van der Waals surface area contributed by atoms with E-state index in [9.17, 15) is 13.2 Å². The smallest absolute Gasteiger partial charge is 0.312 e. The van der Waals surface area contributed by atoms with Crippen LogP contribution >= 0.6 is 0 Å². The molecule has 188 valence electrons. The monoisotopic (exact) mass is 494 g/mol. The van der Waals surface area contributed by atoms with Gasteiger partial charge in [-0.25, -0.2) is 4.98 Å². The van der Waals surface area contributed by atoms with Crippen LogP contribution in [0, 0.1) is 0 Å². The van der Waals surface area contributed by atoms with Crippen molar-refractivity contribution in [3.63, 3.8) is 0 Å². The topological polar surface area (TPSA) is 67.1 Å². The molecule has 36 heavy (non-hydrogen) atoms. The Balaban J connectivity index is 1.44. The molecule has 0 amide bonds. The van der Waals surface area contributed by atoms with Gasteiger partial charge in [-0.05, 0) is 47.9 Å². The van der Waals surface area contributed by atoms with Crippen molar-refractivity contribution in [1.29, 1.82) is 0 Å². The third kappa shape index (κ3) is 3.94. The Hall–Kier alpha value is -3.04. The molecule has 4 aromatic rings. The Morgan fingerprint density at radius 2 is 1.92 bits per heavy atom. The van der Waals surface area contributed by atoms with E-state index in [-0.39, 0.29) is 11.0 Å². The molecule has 1 aliphatic heterocycles. The molecule has 6 nitrogen and oxygen atoms in total. The second-order valence-corrected chi connectivity index (χ2v) is 11.3. The molecule has 3 atom stereocenters. The average molecular weight is 495 g/mol. The van der Waals surface area contributed by atoms with Gasteiger partial charge < -0.3 is 5.32 Å². The molecule has 1 aliphatic carbocycles. The van der Waals surface area contributed by atoms with Crippen molar-refractivity contribution in [2.45, 2.75) is 69.2 Å². The van der Waals surface area contributed by atoms with Gasteiger partial charge in [0.15, 0.2) is 11.5 Å². The summed E-state index contributed by atoms with van der Waals surface area (Å²) in [7, 11) is 0. The van der Waals surface area contributed by atoms with Gasteiger partial charge in [0.25, 0.3) is 0 Å². The van der Waals surface area contributed by atoms with E-state index in [2.05, 4.69) is 47.7 Å². The number of halogens is 3. The highest BCUT2D eigenvalue weighted by molar-refractivity contribution is 5.84. The minimum absolute atomic E-state index is 0.120. The summed E-state index contributed by atoms with van der Waals surface area (Å²) in [5.41, 5.74) is 2.48. The van der Waals surface area contributed by atoms with Crippen molar-refractivity contribution in [3.05, 3.63) is 59.8 Å². The molecule has 2 fully saturated rings. The van der Waals surface area contributed by atoms with Crippen LogP contribution in [0.3, 0.4) is 0 Å². The summed E-state index contributed by atoms with van der Waals surface area (Å²) in [5.74, 6) is 0.417. The highest BCUT2D eigenvalue weighted by Crippen LogP contribution is 2.41. The summed E-state index contributed by atoms with van der Waals surface area (Å²) < 4.78 is 44.6. The number of rotatable bonds is 4. The molecule has 1 aromatic carbocycles. The van der Waals surface area contributed by atoms with Crippen molar-refractivity contribution < 1.29 is 13.2 Å². The molecular weight excluding hydrogens is 465 g/mol. The molecule has 2 bridgehead atoms. The van der Waals surface area contributed by atoms with E-state index in [0.717, 1.165) is 35.7 Å². The van der Waals surface area contributed by atoms with Crippen LogP contribution in [0.1, 0.15) is 57.2 Å². The van der Waals surface area contributed by atoms with E-state index in [4.69, 9.17) is 4.98 Å². The number of nitrogens with one attached hydrogen (secondary N) is 2. The lowest BCUT2D eigenvalue weighted by atomic mass is 9.85. The minimum atomic E-state index is -4.44. The first-order chi connectivity index (χ1) is 17.0. The average Bonchev–Trinajstić information content (AvgIpc) is 3.55. The van der Waals surface area contributed by atoms with Crippen LogP contribution in [-0.2, 0) is 5.41 Å². The van der Waals surface area contributed by atoms with Gasteiger partial charge in [0.1, 0.15) is 11.7 Å². The van der Waals surface area contributed by atoms with Crippen LogP contribution in [0.15, 0.2) is 48.7 Å². The van der Waals surface area contributed by atoms with Crippen LogP contribution in [0.5, 0.6) is 0 Å². The minimum Gasteiger partial charge on any atom is -0.312 e. The Labute approximate surface area is 207 Å². The Morgan fingerprint density at radius 3 is 2.58 bits per heavy atom. The van der Waals surface area contributed by atoms with Crippen molar-refractivity contribution in [1.82, 2.24) is 30.2 Å². The van der Waals surface area contributed by atoms with Gasteiger partial charge in [0, 0.05) is 29.7 Å². The Morgan fingerprint density at radius 1 is 1.08 bits per heavy atom. The second kappa shape index (κ2) is 7.98. The molecule has 1 saturated carbocycles. The number of benzene rings is 1. The zero-order valence-corrected chi connectivity index (χ0v) is 20.5. The van der Waals surface area contributed by atoms with Crippen molar-refractivity contribution in [2.75, 3.05) is 6.54 Å². The molecule has 2 aliphatic rings. The first-order valence-corrected chi connectivity index (χ1v) is 12.4. The third-order valence-electron chi connectivity index (χ3n) is 7.63. The molecular formula is C27H29F3N6. The summed E-state index contributed by atoms with van der Waals surface area (Å²) in [6.07, 6.45) is -0.579. The van der Waals surface area contributed by atoms with E-state index in [1.807, 2.05) is 24.3 Å². The maximum absolute atomic E-state index is 14.3. The van der Waals surface area contributed by atoms with E-state index in [1.54, 1.807) is 10.5 Å². The molecule has 0 radical (unpaired) electrons. The van der Waals surface area contributed by atoms with Crippen LogP contribution in [0.2, 0.25) is 0 Å². The van der Waals surface area contributed by atoms with Gasteiger partial charge in [0.2, 0.25) is 0 Å². The highest BCUT2D eigenvalue weighted by atomic mass is 19.4. The first-order valence-electron chi connectivity index (χ1n) is 12.4. The zero-order valence-electron chi connectivity index (χ0n) is 20.5. The fourth-order valence-corrected chi connectivity index (χ4v) is 5.77. The van der Waals surface area contributed by atoms with Gasteiger partial charge >= 0.3 is 6.18 Å². The normalized spacial score (nSPS) is 23.1. The first kappa shape index (κ1) is 23.4. The summed E-state index contributed by atoms with van der Waals surface area (Å²) >= 11 is 0. The predicted octanol–water partition coefficient (Wildman–Crippen LogP) is 5.33. The summed E-state index contributed by atoms with van der Waals surface area (Å²) in [5, 5.41) is 15.8. The number of piperidine rings is 1. The lowest BCUT2D eigenvalue weighted by Crippen LogP contribution is -2.52. The third-order valence-corrected chi connectivity index (χ3v) is 7.63. The van der Waals surface area contributed by atoms with E-state index in [1.165, 1.54) is 12.3 Å². The Kier molecular flexibility index (Phi) is 5.18. The molecule has 1 saturated heterocycles. The molecule has 6 rings (SSSR count).